The summed E-state index contributed by atoms with van der Waals surface area (Å²) in [7, 11) is -2.63. The summed E-state index contributed by atoms with van der Waals surface area (Å²) in [5.74, 6) is -1.26. The van der Waals surface area contributed by atoms with Gasteiger partial charge in [0.1, 0.15) is 18.7 Å². The van der Waals surface area contributed by atoms with Crippen LogP contribution in [0.25, 0.3) is 10.4 Å². The van der Waals surface area contributed by atoms with Crippen molar-refractivity contribution in [2.45, 2.75) is 84.7 Å². The molecule has 1 aliphatic heterocycles. The van der Waals surface area contributed by atoms with Crippen molar-refractivity contribution in [3.05, 3.63) is 102 Å². The average Bonchev–Trinajstić information content (AvgIpc) is 3.84. The van der Waals surface area contributed by atoms with Gasteiger partial charge in [-0.05, 0) is 38.9 Å². The van der Waals surface area contributed by atoms with E-state index in [4.69, 9.17) is 18.6 Å². The summed E-state index contributed by atoms with van der Waals surface area (Å²) in [4.78, 5) is 47.2. The van der Waals surface area contributed by atoms with Gasteiger partial charge in [0.15, 0.2) is 0 Å². The van der Waals surface area contributed by atoms with Crippen LogP contribution in [0.15, 0.2) is 90.4 Å². The van der Waals surface area contributed by atoms with Crippen LogP contribution in [0.5, 0.6) is 0 Å². The Morgan fingerprint density at radius 2 is 1.40 bits per heavy atom. The van der Waals surface area contributed by atoms with E-state index in [1.807, 2.05) is 69.6 Å². The van der Waals surface area contributed by atoms with Gasteiger partial charge < -0.3 is 39.3 Å². The van der Waals surface area contributed by atoms with Crippen molar-refractivity contribution in [2.24, 2.45) is 5.41 Å². The Labute approximate surface area is 360 Å². The fourth-order valence-electron chi connectivity index (χ4n) is 7.60. The summed E-state index contributed by atoms with van der Waals surface area (Å²) < 4.78 is 24.0. The number of amides is 3. The van der Waals surface area contributed by atoms with Crippen LogP contribution in [0, 0.1) is 12.3 Å². The zero-order chi connectivity index (χ0) is 43.3. The third-order valence-electron chi connectivity index (χ3n) is 10.7. The number of aromatic nitrogens is 1. The standard InChI is InChI=1S/C46H62N4O8SSi/c1-33-41(59-32-48-33)35-20-18-34(19-21-35)29-47-43(53)39-28-36(51)30-50(39)44(54)42(45(2,3)4)49-40(52)31-57-25-24-55-22-23-56-26-27-58-60(46(5,6)7,37-14-10-8-11-15-37)38-16-12-9-13-17-38/h8-21,32,36,39,42,51H,22-31H2,1-7H3,(H,47,53)(H,49,52)/t36?,39?,42-/m1/s1. The predicted molar refractivity (Wildman–Crippen MR) is 238 cm³/mol. The Morgan fingerprint density at radius 3 is 1.93 bits per heavy atom. The number of likely N-dealkylation sites (tertiary alicyclic amines) is 1. The second-order valence-corrected chi connectivity index (χ2v) is 22.4. The van der Waals surface area contributed by atoms with Crippen LogP contribution in [-0.4, -0.2) is 112 Å². The van der Waals surface area contributed by atoms with Crippen molar-refractivity contribution < 1.29 is 38.1 Å². The lowest BCUT2D eigenvalue weighted by atomic mass is 9.85. The fraction of sp³-hybridized carbons (Fsp3) is 0.478. The van der Waals surface area contributed by atoms with Gasteiger partial charge in [0.05, 0.1) is 61.8 Å². The third kappa shape index (κ3) is 12.2. The lowest BCUT2D eigenvalue weighted by Gasteiger charge is -2.43. The number of thiazole rings is 1. The number of aliphatic hydroxyl groups is 1. The highest BCUT2D eigenvalue weighted by atomic mass is 32.1. The van der Waals surface area contributed by atoms with E-state index in [9.17, 15) is 19.5 Å². The number of β-amino-alcohol motifs (C(OH)–C–C–N with tert-alkyl or cyclic N) is 1. The molecule has 3 N–H and O–H groups in total. The molecule has 0 bridgehead atoms. The van der Waals surface area contributed by atoms with Gasteiger partial charge in [-0.2, -0.15) is 0 Å². The lowest BCUT2D eigenvalue weighted by molar-refractivity contribution is -0.144. The van der Waals surface area contributed by atoms with Gasteiger partial charge in [0.2, 0.25) is 17.7 Å². The highest BCUT2D eigenvalue weighted by Gasteiger charge is 2.50. The number of aliphatic hydroxyl groups excluding tert-OH is 1. The van der Waals surface area contributed by atoms with E-state index >= 15 is 0 Å². The molecule has 1 saturated heterocycles. The number of hydrogen-bond acceptors (Lipinski definition) is 10. The van der Waals surface area contributed by atoms with Crippen molar-refractivity contribution in [1.29, 1.82) is 0 Å². The molecule has 0 spiro atoms. The zero-order valence-electron chi connectivity index (χ0n) is 36.1. The van der Waals surface area contributed by atoms with Gasteiger partial charge in [-0.15, -0.1) is 11.3 Å². The summed E-state index contributed by atoms with van der Waals surface area (Å²) in [6, 6.07) is 27.1. The molecule has 14 heteroatoms. The van der Waals surface area contributed by atoms with Crippen LogP contribution in [0.2, 0.25) is 5.04 Å². The average molecular weight is 859 g/mol. The van der Waals surface area contributed by atoms with Crippen molar-refractivity contribution in [3.63, 3.8) is 0 Å². The van der Waals surface area contributed by atoms with Gasteiger partial charge in [-0.1, -0.05) is 126 Å². The Kier molecular flexibility index (Phi) is 16.8. The second kappa shape index (κ2) is 21.5. The maximum absolute atomic E-state index is 13.9. The molecule has 60 heavy (non-hydrogen) atoms. The Hall–Kier alpha value is -4.28. The molecule has 5 rings (SSSR count). The van der Waals surface area contributed by atoms with Crippen molar-refractivity contribution in [1.82, 2.24) is 20.5 Å². The highest BCUT2D eigenvalue weighted by Crippen LogP contribution is 2.36. The van der Waals surface area contributed by atoms with E-state index in [-0.39, 0.29) is 50.3 Å². The first-order chi connectivity index (χ1) is 28.6. The topological polar surface area (TPSA) is 149 Å². The maximum atomic E-state index is 13.9. The lowest BCUT2D eigenvalue weighted by Crippen LogP contribution is -2.66. The first-order valence-electron chi connectivity index (χ1n) is 20.6. The minimum atomic E-state index is -2.63. The number of nitrogens with zero attached hydrogens (tertiary/aromatic N) is 2. The molecule has 3 amide bonds. The van der Waals surface area contributed by atoms with Gasteiger partial charge in [0, 0.05) is 19.5 Å². The fourth-order valence-corrected chi connectivity index (χ4v) is 13.0. The summed E-state index contributed by atoms with van der Waals surface area (Å²) >= 11 is 1.58. The Bertz CT molecular complexity index is 1930. The third-order valence-corrected chi connectivity index (χ3v) is 16.7. The summed E-state index contributed by atoms with van der Waals surface area (Å²) in [5.41, 5.74) is 4.05. The molecular weight excluding hydrogens is 797 g/mol. The molecule has 2 unspecified atom stereocenters. The van der Waals surface area contributed by atoms with Crippen molar-refractivity contribution in [2.75, 3.05) is 52.8 Å². The SMILES string of the molecule is Cc1ncsc1-c1ccc(CNC(=O)C2CC(O)CN2C(=O)[C@@H](NC(=O)COCCOCCOCCO[Si](c2ccccc2)(c2ccccc2)C(C)(C)C)C(C)(C)C)cc1. The minimum absolute atomic E-state index is 0.00631. The molecular formula is C46H62N4O8SSi. The number of aryl methyl sites for hydroxylation is 1. The molecule has 0 saturated carbocycles. The second-order valence-electron chi connectivity index (χ2n) is 17.2. The number of hydrogen-bond donors (Lipinski definition) is 3. The van der Waals surface area contributed by atoms with Crippen molar-refractivity contribution >= 4 is 47.7 Å². The Balaban J connectivity index is 1.01. The molecule has 12 nitrogen and oxygen atoms in total. The molecule has 0 aliphatic carbocycles. The van der Waals surface area contributed by atoms with Crippen LogP contribution in [-0.2, 0) is 39.6 Å². The van der Waals surface area contributed by atoms with Gasteiger partial charge in [0.25, 0.3) is 8.32 Å². The Morgan fingerprint density at radius 1 is 0.833 bits per heavy atom. The molecule has 1 aliphatic rings. The van der Waals surface area contributed by atoms with Gasteiger partial charge >= 0.3 is 0 Å². The van der Waals surface area contributed by atoms with E-state index in [1.54, 1.807) is 11.3 Å². The molecule has 4 aromatic rings. The van der Waals surface area contributed by atoms with Crippen molar-refractivity contribution in [3.8, 4) is 10.4 Å². The van der Waals surface area contributed by atoms with Crippen LogP contribution in [0.1, 0.15) is 59.2 Å². The first-order valence-corrected chi connectivity index (χ1v) is 23.4. The van der Waals surface area contributed by atoms with Crippen LogP contribution >= 0.6 is 11.3 Å². The molecule has 0 radical (unpaired) electrons. The monoisotopic (exact) mass is 858 g/mol. The predicted octanol–water partition coefficient (Wildman–Crippen LogP) is 4.85. The highest BCUT2D eigenvalue weighted by molar-refractivity contribution is 7.13. The smallest absolute Gasteiger partial charge is 0.261 e. The molecule has 1 fully saturated rings. The number of carbonyl (C=O) groups is 3. The maximum Gasteiger partial charge on any atom is 0.261 e. The summed E-state index contributed by atoms with van der Waals surface area (Å²) in [6.07, 6.45) is -0.755. The number of benzene rings is 3. The van der Waals surface area contributed by atoms with E-state index in [0.29, 0.717) is 26.4 Å². The quantitative estimate of drug-likeness (QED) is 0.0839. The number of carbonyl (C=O) groups excluding carboxylic acids is 3. The molecule has 2 heterocycles. The number of ether oxygens (including phenoxy) is 3. The van der Waals surface area contributed by atoms with Gasteiger partial charge in [-0.25, -0.2) is 4.98 Å². The van der Waals surface area contributed by atoms with E-state index < -0.39 is 43.7 Å². The largest absolute Gasteiger partial charge is 0.405 e. The molecule has 1 aromatic heterocycles. The van der Waals surface area contributed by atoms with Crippen LogP contribution < -0.4 is 21.0 Å². The number of rotatable bonds is 20. The summed E-state index contributed by atoms with van der Waals surface area (Å²) in [5, 5.41) is 18.6. The number of nitrogens with one attached hydrogen (secondary N) is 2. The van der Waals surface area contributed by atoms with E-state index in [0.717, 1.165) is 21.7 Å². The molecule has 3 aromatic carbocycles. The molecule has 3 atom stereocenters. The normalized spacial score (nSPS) is 16.4. The van der Waals surface area contributed by atoms with E-state index in [2.05, 4.69) is 84.9 Å². The minimum Gasteiger partial charge on any atom is -0.405 e. The van der Waals surface area contributed by atoms with Crippen LogP contribution in [0.4, 0.5) is 0 Å². The van der Waals surface area contributed by atoms with E-state index in [1.165, 1.54) is 15.3 Å². The van der Waals surface area contributed by atoms with Gasteiger partial charge in [-0.3, -0.25) is 14.4 Å². The molecule has 324 valence electrons. The first kappa shape index (κ1) is 46.8. The zero-order valence-corrected chi connectivity index (χ0v) is 37.9. The summed E-state index contributed by atoms with van der Waals surface area (Å²) in [6.45, 7) is 16.2. The van der Waals surface area contributed by atoms with Crippen LogP contribution in [0.3, 0.4) is 0 Å².